The van der Waals surface area contributed by atoms with Gasteiger partial charge in [0.15, 0.2) is 0 Å². The van der Waals surface area contributed by atoms with E-state index in [1.54, 1.807) is 14.0 Å². The monoisotopic (exact) mass is 460 g/mol. The zero-order valence-electron chi connectivity index (χ0n) is 21.8. The number of hydrogen-bond acceptors (Lipinski definition) is 6. The van der Waals surface area contributed by atoms with Gasteiger partial charge in [0.25, 0.3) is 0 Å². The lowest BCUT2D eigenvalue weighted by Gasteiger charge is -2.38. The third-order valence-electron chi connectivity index (χ3n) is 5.86. The van der Waals surface area contributed by atoms with E-state index in [2.05, 4.69) is 52.0 Å². The van der Waals surface area contributed by atoms with Crippen LogP contribution < -0.4 is 5.11 Å². The topological polar surface area (TPSA) is 74.2 Å². The molecule has 6 nitrogen and oxygen atoms in total. The quantitative estimate of drug-likeness (QED) is 0.311. The van der Waals surface area contributed by atoms with Crippen molar-refractivity contribution in [1.29, 1.82) is 0 Å². The Morgan fingerprint density at radius 1 is 1.18 bits per heavy atom. The molecule has 0 saturated carbocycles. The molecule has 0 aromatic heterocycles. The molecule has 1 aliphatic rings. The maximum Gasteiger partial charge on any atom is 0.210 e. The van der Waals surface area contributed by atoms with Crippen LogP contribution in [0.3, 0.4) is 0 Å². The van der Waals surface area contributed by atoms with Crippen LogP contribution in [0.5, 0.6) is 0 Å². The van der Waals surface area contributed by atoms with Gasteiger partial charge in [-0.3, -0.25) is 5.21 Å². The van der Waals surface area contributed by atoms with E-state index in [1.165, 1.54) is 25.4 Å². The van der Waals surface area contributed by atoms with E-state index in [1.807, 2.05) is 13.0 Å². The second-order valence-corrected chi connectivity index (χ2v) is 8.55. The lowest BCUT2D eigenvalue weighted by atomic mass is 9.95. The van der Waals surface area contributed by atoms with E-state index in [0.717, 1.165) is 23.5 Å². The molecule has 0 radical (unpaired) electrons. The van der Waals surface area contributed by atoms with Crippen LogP contribution in [-0.2, 0) is 14.2 Å². The van der Waals surface area contributed by atoms with Crippen LogP contribution in [0.25, 0.3) is 0 Å². The molecule has 1 rings (SSSR count). The van der Waals surface area contributed by atoms with E-state index in [9.17, 15) is 10.3 Å². The smallest absolute Gasteiger partial charge is 0.210 e. The minimum Gasteiger partial charge on any atom is -0.870 e. The van der Waals surface area contributed by atoms with Crippen molar-refractivity contribution >= 4 is 0 Å². The molecular formula is C27H42NO5-. The molecule has 1 aliphatic heterocycles. The summed E-state index contributed by atoms with van der Waals surface area (Å²) in [5.41, 5.74) is 4.55. The average molecular weight is 461 g/mol. The first kappa shape index (κ1) is 28.8. The van der Waals surface area contributed by atoms with Gasteiger partial charge in [-0.25, -0.2) is 5.06 Å². The molecule has 0 aliphatic carbocycles. The molecule has 1 N–H and O–H groups in total. The second-order valence-electron chi connectivity index (χ2n) is 8.55. The molecule has 0 fully saturated rings. The molecule has 1 unspecified atom stereocenters. The van der Waals surface area contributed by atoms with Gasteiger partial charge in [-0.15, -0.1) is 0 Å². The molecule has 0 bridgehead atoms. The predicted octanol–water partition coefficient (Wildman–Crippen LogP) is 5.39. The first-order valence-corrected chi connectivity index (χ1v) is 11.5. The zero-order valence-corrected chi connectivity index (χ0v) is 21.8. The molecule has 0 spiro atoms. The summed E-state index contributed by atoms with van der Waals surface area (Å²) in [4.78, 5) is 0. The number of hydroxylamine groups is 2. The van der Waals surface area contributed by atoms with Crippen molar-refractivity contribution in [1.82, 2.24) is 5.06 Å². The minimum atomic E-state index is -0.934. The second kappa shape index (κ2) is 14.1. The number of methoxy groups -OCH3 is 3. The highest BCUT2D eigenvalue weighted by molar-refractivity contribution is 5.35. The number of rotatable bonds is 12. The molecule has 0 aromatic carbocycles. The molecule has 33 heavy (non-hydrogen) atoms. The Bertz CT molecular complexity index is 831. The highest BCUT2D eigenvalue weighted by Gasteiger charge is 2.30. The minimum absolute atomic E-state index is 0.0810. The van der Waals surface area contributed by atoms with Crippen molar-refractivity contribution in [3.63, 3.8) is 0 Å². The van der Waals surface area contributed by atoms with Crippen molar-refractivity contribution in [3.8, 4) is 0 Å². The lowest BCUT2D eigenvalue weighted by Crippen LogP contribution is -2.41. The largest absolute Gasteiger partial charge is 0.870 e. The normalized spacial score (nSPS) is 20.7. The summed E-state index contributed by atoms with van der Waals surface area (Å²) >= 11 is 0. The van der Waals surface area contributed by atoms with Crippen LogP contribution in [0.15, 0.2) is 69.9 Å². The third kappa shape index (κ3) is 7.91. The fourth-order valence-electron chi connectivity index (χ4n) is 4.10. The van der Waals surface area contributed by atoms with Crippen molar-refractivity contribution in [3.05, 3.63) is 69.9 Å². The van der Waals surface area contributed by atoms with Crippen LogP contribution in [0.2, 0.25) is 0 Å². The molecule has 0 aromatic rings. The Kier molecular flexibility index (Phi) is 12.3. The standard InChI is InChI=1S/C27H43NO5/c1-10-12-20(4)25(31-7)21(5)17-19(3)14-11-13-18(2)15-16-23-22(6)24(29)26(32-8)27(33-9)28(23)30/h11-12,14-15,17,21,25,27,29-30H,10,13,16H2,1-9H3/p-1/b14-11+,18-15+,19-17+,20-12+/t21-,25+,27?/m0/s1. The van der Waals surface area contributed by atoms with Gasteiger partial charge in [-0.1, -0.05) is 61.1 Å². The van der Waals surface area contributed by atoms with Crippen LogP contribution in [0.1, 0.15) is 60.8 Å². The number of ether oxygens (including phenoxy) is 3. The SMILES string of the molecule is CC/C=C(\C)[C@@H](OC)[C@@H](C)/C=C(C)/C=C/C/C(C)=C/CC1=C(C)C([O-])=C(OC)C(OC)N1O. The molecule has 0 amide bonds. The van der Waals surface area contributed by atoms with Crippen molar-refractivity contribution in [2.45, 2.75) is 73.1 Å². The Morgan fingerprint density at radius 2 is 1.85 bits per heavy atom. The van der Waals surface area contributed by atoms with Crippen molar-refractivity contribution < 1.29 is 24.5 Å². The Balaban J connectivity index is 2.84. The van der Waals surface area contributed by atoms with Gasteiger partial charge in [0.2, 0.25) is 6.23 Å². The molecule has 1 heterocycles. The van der Waals surface area contributed by atoms with Gasteiger partial charge in [0.1, 0.15) is 5.76 Å². The molecule has 186 valence electrons. The summed E-state index contributed by atoms with van der Waals surface area (Å²) in [5.74, 6) is 0.109. The van der Waals surface area contributed by atoms with Crippen LogP contribution in [0.4, 0.5) is 0 Å². The predicted molar refractivity (Wildman–Crippen MR) is 131 cm³/mol. The molecule has 3 atom stereocenters. The van der Waals surface area contributed by atoms with E-state index >= 15 is 0 Å². The van der Waals surface area contributed by atoms with E-state index < -0.39 is 6.23 Å². The third-order valence-corrected chi connectivity index (χ3v) is 5.86. The van der Waals surface area contributed by atoms with E-state index in [0.29, 0.717) is 17.7 Å². The lowest BCUT2D eigenvalue weighted by molar-refractivity contribution is -0.311. The highest BCUT2D eigenvalue weighted by Crippen LogP contribution is 2.31. The summed E-state index contributed by atoms with van der Waals surface area (Å²) in [7, 11) is 4.59. The molecule has 6 heteroatoms. The summed E-state index contributed by atoms with van der Waals surface area (Å²) in [6.45, 7) is 12.2. The first-order valence-electron chi connectivity index (χ1n) is 11.5. The maximum absolute atomic E-state index is 12.5. The summed E-state index contributed by atoms with van der Waals surface area (Å²) < 4.78 is 16.1. The first-order chi connectivity index (χ1) is 15.6. The van der Waals surface area contributed by atoms with E-state index in [4.69, 9.17) is 14.2 Å². The van der Waals surface area contributed by atoms with Gasteiger partial charge in [0, 0.05) is 26.6 Å². The summed E-state index contributed by atoms with van der Waals surface area (Å²) in [6, 6.07) is 0. The number of hydrogen-bond donors (Lipinski definition) is 1. The van der Waals surface area contributed by atoms with Gasteiger partial charge < -0.3 is 19.3 Å². The fraction of sp³-hybridized carbons (Fsp3) is 0.556. The average Bonchev–Trinajstić information content (AvgIpc) is 2.76. The number of allylic oxidation sites excluding steroid dienone is 7. The summed E-state index contributed by atoms with van der Waals surface area (Å²) in [5, 5.41) is 24.0. The van der Waals surface area contributed by atoms with Gasteiger partial charge in [-0.2, -0.15) is 0 Å². The van der Waals surface area contributed by atoms with Gasteiger partial charge >= 0.3 is 0 Å². The Morgan fingerprint density at radius 3 is 2.39 bits per heavy atom. The van der Waals surface area contributed by atoms with Crippen LogP contribution in [-0.4, -0.2) is 43.9 Å². The van der Waals surface area contributed by atoms with Gasteiger partial charge in [-0.05, 0) is 51.7 Å². The molecular weight excluding hydrogens is 418 g/mol. The molecule has 0 saturated heterocycles. The van der Waals surface area contributed by atoms with Crippen LogP contribution in [0, 0.1) is 5.92 Å². The van der Waals surface area contributed by atoms with Crippen molar-refractivity contribution in [2.75, 3.05) is 21.3 Å². The van der Waals surface area contributed by atoms with Gasteiger partial charge in [0.05, 0.1) is 18.9 Å². The Hall–Kier alpha value is -2.28. The van der Waals surface area contributed by atoms with Crippen molar-refractivity contribution in [2.24, 2.45) is 5.92 Å². The summed E-state index contributed by atoms with van der Waals surface area (Å²) in [6.07, 6.45) is 12.1. The fourth-order valence-corrected chi connectivity index (χ4v) is 4.10. The number of nitrogens with zero attached hydrogens (tertiary/aromatic N) is 1. The maximum atomic E-state index is 12.5. The zero-order chi connectivity index (χ0) is 25.1. The highest BCUT2D eigenvalue weighted by atomic mass is 16.6. The van der Waals surface area contributed by atoms with Crippen LogP contribution >= 0.6 is 0 Å². The Labute approximate surface area is 200 Å². The van der Waals surface area contributed by atoms with E-state index in [-0.39, 0.29) is 23.5 Å².